The lowest BCUT2D eigenvalue weighted by atomic mass is 10.1. The van der Waals surface area contributed by atoms with E-state index in [1.54, 1.807) is 16.7 Å². The fourth-order valence-electron chi connectivity index (χ4n) is 1.40. The van der Waals surface area contributed by atoms with Crippen molar-refractivity contribution in [3.63, 3.8) is 0 Å². The number of hydrogen-bond acceptors (Lipinski definition) is 3. The van der Waals surface area contributed by atoms with Gasteiger partial charge in [0.2, 0.25) is 0 Å². The molecule has 1 nitrogen and oxygen atoms in total. The van der Waals surface area contributed by atoms with Gasteiger partial charge in [-0.25, -0.2) is 4.39 Å². The van der Waals surface area contributed by atoms with E-state index in [0.29, 0.717) is 0 Å². The van der Waals surface area contributed by atoms with Crippen molar-refractivity contribution in [2.24, 2.45) is 0 Å². The quantitative estimate of drug-likeness (QED) is 0.848. The number of rotatable bonds is 3. The molecular weight excluding hydrogens is 217 g/mol. The molecule has 0 aliphatic carbocycles. The van der Waals surface area contributed by atoms with E-state index in [0.717, 1.165) is 10.4 Å². The second-order valence-electron chi connectivity index (χ2n) is 2.91. The summed E-state index contributed by atoms with van der Waals surface area (Å²) in [5.74, 6) is -0.124. The Bertz CT molecular complexity index is 394. The zero-order valence-corrected chi connectivity index (χ0v) is 9.29. The second kappa shape index (κ2) is 4.21. The summed E-state index contributed by atoms with van der Waals surface area (Å²) in [6, 6.07) is 3.52. The summed E-state index contributed by atoms with van der Waals surface area (Å²) in [6.07, 6.45) is 0. The molecule has 0 bridgehead atoms. The van der Waals surface area contributed by atoms with Crippen LogP contribution in [-0.4, -0.2) is 7.05 Å². The van der Waals surface area contributed by atoms with Crippen LogP contribution in [0.2, 0.25) is 0 Å². The SMILES string of the molecule is CNC(c1ccsc1)c1sccc1F. The minimum absolute atomic E-state index is 0.0127. The average Bonchev–Trinajstić information content (AvgIpc) is 2.80. The van der Waals surface area contributed by atoms with Gasteiger partial charge in [-0.2, -0.15) is 11.3 Å². The number of thiophene rings is 2. The van der Waals surface area contributed by atoms with Gasteiger partial charge >= 0.3 is 0 Å². The molecule has 0 aliphatic rings. The highest BCUT2D eigenvalue weighted by molar-refractivity contribution is 7.10. The lowest BCUT2D eigenvalue weighted by molar-refractivity contribution is 0.589. The van der Waals surface area contributed by atoms with Crippen LogP contribution in [0.25, 0.3) is 0 Å². The first-order valence-corrected chi connectivity index (χ1v) is 6.07. The smallest absolute Gasteiger partial charge is 0.139 e. The monoisotopic (exact) mass is 227 g/mol. The first kappa shape index (κ1) is 9.83. The van der Waals surface area contributed by atoms with Crippen LogP contribution in [0.5, 0.6) is 0 Å². The van der Waals surface area contributed by atoms with Gasteiger partial charge in [0, 0.05) is 0 Å². The summed E-state index contributed by atoms with van der Waals surface area (Å²) >= 11 is 3.08. The van der Waals surface area contributed by atoms with Crippen molar-refractivity contribution < 1.29 is 4.39 Å². The van der Waals surface area contributed by atoms with Gasteiger partial charge in [-0.05, 0) is 40.9 Å². The molecule has 0 aliphatic heterocycles. The molecule has 2 rings (SSSR count). The Kier molecular flexibility index (Phi) is 2.96. The Morgan fingerprint density at radius 2 is 2.21 bits per heavy atom. The molecule has 0 amide bonds. The van der Waals surface area contributed by atoms with Gasteiger partial charge in [0.25, 0.3) is 0 Å². The van der Waals surface area contributed by atoms with Crippen molar-refractivity contribution in [3.8, 4) is 0 Å². The average molecular weight is 227 g/mol. The van der Waals surface area contributed by atoms with Crippen molar-refractivity contribution in [2.45, 2.75) is 6.04 Å². The zero-order valence-electron chi connectivity index (χ0n) is 7.66. The third-order valence-corrected chi connectivity index (χ3v) is 3.73. The van der Waals surface area contributed by atoms with Crippen LogP contribution in [0, 0.1) is 5.82 Å². The van der Waals surface area contributed by atoms with Crippen LogP contribution in [0.15, 0.2) is 28.3 Å². The summed E-state index contributed by atoms with van der Waals surface area (Å²) in [6.45, 7) is 0. The Balaban J connectivity index is 2.36. The molecule has 14 heavy (non-hydrogen) atoms. The summed E-state index contributed by atoms with van der Waals surface area (Å²) < 4.78 is 13.4. The number of hydrogen-bond donors (Lipinski definition) is 1. The van der Waals surface area contributed by atoms with Gasteiger partial charge < -0.3 is 5.32 Å². The van der Waals surface area contributed by atoms with Crippen LogP contribution in [0.3, 0.4) is 0 Å². The second-order valence-corrected chi connectivity index (χ2v) is 4.64. The minimum Gasteiger partial charge on any atom is -0.309 e. The molecule has 2 aromatic rings. The molecule has 4 heteroatoms. The summed E-state index contributed by atoms with van der Waals surface area (Å²) in [5.41, 5.74) is 1.12. The van der Waals surface area contributed by atoms with Crippen LogP contribution < -0.4 is 5.32 Å². The van der Waals surface area contributed by atoms with Crippen molar-refractivity contribution in [1.29, 1.82) is 0 Å². The summed E-state index contributed by atoms with van der Waals surface area (Å²) in [4.78, 5) is 0.755. The number of halogens is 1. The Labute approximate surface area is 90.2 Å². The zero-order chi connectivity index (χ0) is 9.97. The molecule has 74 valence electrons. The van der Waals surface area contributed by atoms with Crippen molar-refractivity contribution in [3.05, 3.63) is 44.5 Å². The molecule has 0 saturated carbocycles. The first-order chi connectivity index (χ1) is 6.83. The Morgan fingerprint density at radius 3 is 2.71 bits per heavy atom. The van der Waals surface area contributed by atoms with E-state index < -0.39 is 0 Å². The third-order valence-electron chi connectivity index (χ3n) is 2.07. The lowest BCUT2D eigenvalue weighted by Crippen LogP contribution is -2.16. The molecule has 1 N–H and O–H groups in total. The summed E-state index contributed by atoms with van der Waals surface area (Å²) in [5, 5.41) is 8.95. The molecule has 0 saturated heterocycles. The molecule has 0 radical (unpaired) electrons. The van der Waals surface area contributed by atoms with E-state index in [1.165, 1.54) is 17.4 Å². The molecule has 0 fully saturated rings. The molecular formula is C10H10FNS2. The maximum absolute atomic E-state index is 13.4. The fourth-order valence-corrected chi connectivity index (χ4v) is 2.99. The van der Waals surface area contributed by atoms with E-state index in [4.69, 9.17) is 0 Å². The highest BCUT2D eigenvalue weighted by Gasteiger charge is 2.17. The van der Waals surface area contributed by atoms with Crippen molar-refractivity contribution >= 4 is 22.7 Å². The predicted molar refractivity (Wildman–Crippen MR) is 59.5 cm³/mol. The topological polar surface area (TPSA) is 12.0 Å². The standard InChI is InChI=1S/C10H10FNS2/c1-12-9(7-2-4-13-6-7)10-8(11)3-5-14-10/h2-6,9,12H,1H3. The van der Waals surface area contributed by atoms with E-state index in [9.17, 15) is 4.39 Å². The molecule has 0 spiro atoms. The van der Waals surface area contributed by atoms with Crippen molar-refractivity contribution in [2.75, 3.05) is 7.05 Å². The molecule has 1 unspecified atom stereocenters. The Hall–Kier alpha value is -0.710. The van der Waals surface area contributed by atoms with Gasteiger partial charge in [0.05, 0.1) is 10.9 Å². The fraction of sp³-hybridized carbons (Fsp3) is 0.200. The van der Waals surface area contributed by atoms with Crippen LogP contribution in [0.1, 0.15) is 16.5 Å². The lowest BCUT2D eigenvalue weighted by Gasteiger charge is -2.12. The van der Waals surface area contributed by atoms with E-state index in [-0.39, 0.29) is 11.9 Å². The van der Waals surface area contributed by atoms with Gasteiger partial charge in [-0.15, -0.1) is 11.3 Å². The Morgan fingerprint density at radius 1 is 1.36 bits per heavy atom. The van der Waals surface area contributed by atoms with Gasteiger partial charge in [0.1, 0.15) is 5.82 Å². The van der Waals surface area contributed by atoms with Crippen LogP contribution >= 0.6 is 22.7 Å². The van der Waals surface area contributed by atoms with Gasteiger partial charge in [-0.1, -0.05) is 0 Å². The molecule has 2 aromatic heterocycles. The van der Waals surface area contributed by atoms with E-state index >= 15 is 0 Å². The predicted octanol–water partition coefficient (Wildman–Crippen LogP) is 3.26. The maximum atomic E-state index is 13.4. The largest absolute Gasteiger partial charge is 0.309 e. The first-order valence-electron chi connectivity index (χ1n) is 4.25. The highest BCUT2D eigenvalue weighted by atomic mass is 32.1. The molecule has 1 atom stereocenters. The third kappa shape index (κ3) is 1.73. The van der Waals surface area contributed by atoms with Gasteiger partial charge in [0.15, 0.2) is 0 Å². The van der Waals surface area contributed by atoms with E-state index in [2.05, 4.69) is 5.32 Å². The molecule has 0 aromatic carbocycles. The molecule has 2 heterocycles. The van der Waals surface area contributed by atoms with Crippen LogP contribution in [0.4, 0.5) is 4.39 Å². The van der Waals surface area contributed by atoms with Gasteiger partial charge in [-0.3, -0.25) is 0 Å². The normalized spacial score (nSPS) is 13.0. The van der Waals surface area contributed by atoms with E-state index in [1.807, 2.05) is 23.9 Å². The number of nitrogens with one attached hydrogen (secondary N) is 1. The summed E-state index contributed by atoms with van der Waals surface area (Å²) in [7, 11) is 1.85. The minimum atomic E-state index is -0.124. The maximum Gasteiger partial charge on any atom is 0.139 e. The van der Waals surface area contributed by atoms with Crippen LogP contribution in [-0.2, 0) is 0 Å². The highest BCUT2D eigenvalue weighted by Crippen LogP contribution is 2.29. The van der Waals surface area contributed by atoms with Crippen molar-refractivity contribution in [1.82, 2.24) is 5.32 Å².